The van der Waals surface area contributed by atoms with Gasteiger partial charge in [-0.25, -0.2) is 0 Å². The number of phenols is 1. The van der Waals surface area contributed by atoms with E-state index in [0.29, 0.717) is 11.6 Å². The van der Waals surface area contributed by atoms with E-state index in [1.807, 2.05) is 6.92 Å². The minimum atomic E-state index is -0.498. The van der Waals surface area contributed by atoms with E-state index in [-0.39, 0.29) is 28.3 Å². The number of carbonyl (C=O) groups excluding carboxylic acids is 1. The molecule has 0 saturated carbocycles. The van der Waals surface area contributed by atoms with Crippen molar-refractivity contribution in [3.05, 3.63) is 22.2 Å². The number of benzene rings is 1. The first-order valence-electron chi connectivity index (χ1n) is 5.59. The van der Waals surface area contributed by atoms with Crippen molar-refractivity contribution >= 4 is 34.8 Å². The second-order valence-electron chi connectivity index (χ2n) is 4.33. The molecule has 1 aromatic carbocycles. The Hall–Kier alpha value is -0.970. The summed E-state index contributed by atoms with van der Waals surface area (Å²) in [7, 11) is 0. The number of phenolic OH excluding ortho intramolecular Hbond substituents is 1. The number of aromatic hydroxyl groups is 1. The molecular formula is C12H13Cl2NO3. The zero-order valence-corrected chi connectivity index (χ0v) is 11.3. The molecule has 2 atom stereocenters. The van der Waals surface area contributed by atoms with Crippen molar-refractivity contribution in [2.24, 2.45) is 5.92 Å². The van der Waals surface area contributed by atoms with E-state index in [0.717, 1.165) is 6.42 Å². The average molecular weight is 290 g/mol. The Morgan fingerprint density at radius 2 is 2.22 bits per heavy atom. The normalized spacial score (nSPS) is 23.1. The van der Waals surface area contributed by atoms with Gasteiger partial charge in [0.05, 0.1) is 10.7 Å². The van der Waals surface area contributed by atoms with Crippen molar-refractivity contribution < 1.29 is 14.6 Å². The van der Waals surface area contributed by atoms with E-state index in [9.17, 15) is 9.90 Å². The third-order valence-corrected chi connectivity index (χ3v) is 3.44. The Labute approximate surface area is 115 Å². The molecule has 6 heteroatoms. The zero-order valence-electron chi connectivity index (χ0n) is 9.74. The molecule has 0 bridgehead atoms. The number of hydrogen-bond acceptors (Lipinski definition) is 3. The molecule has 0 aliphatic carbocycles. The first-order chi connectivity index (χ1) is 8.49. The largest absolute Gasteiger partial charge is 0.504 e. The molecule has 2 N–H and O–H groups in total. The second-order valence-corrected chi connectivity index (χ2v) is 5.17. The molecule has 1 amide bonds. The summed E-state index contributed by atoms with van der Waals surface area (Å²) in [6.07, 6.45) is 0.350. The Balaban J connectivity index is 2.16. The lowest BCUT2D eigenvalue weighted by Crippen LogP contribution is -2.31. The topological polar surface area (TPSA) is 58.6 Å². The van der Waals surface area contributed by atoms with Crippen LogP contribution >= 0.6 is 23.2 Å². The van der Waals surface area contributed by atoms with E-state index in [2.05, 4.69) is 5.32 Å². The van der Waals surface area contributed by atoms with Crippen LogP contribution in [0, 0.1) is 5.92 Å². The summed E-state index contributed by atoms with van der Waals surface area (Å²) in [6, 6.07) is 2.85. The molecule has 1 aliphatic rings. The van der Waals surface area contributed by atoms with Crippen molar-refractivity contribution in [1.82, 2.24) is 0 Å². The van der Waals surface area contributed by atoms with Crippen LogP contribution < -0.4 is 5.32 Å². The van der Waals surface area contributed by atoms with Gasteiger partial charge in [-0.1, -0.05) is 30.1 Å². The summed E-state index contributed by atoms with van der Waals surface area (Å²) in [6.45, 7) is 2.52. The van der Waals surface area contributed by atoms with E-state index in [1.165, 1.54) is 12.1 Å². The monoisotopic (exact) mass is 289 g/mol. The van der Waals surface area contributed by atoms with Gasteiger partial charge in [-0.2, -0.15) is 0 Å². The van der Waals surface area contributed by atoms with E-state index in [1.54, 1.807) is 0 Å². The number of carbonyl (C=O) groups is 1. The first kappa shape index (κ1) is 13.5. The minimum Gasteiger partial charge on any atom is -0.504 e. The fourth-order valence-electron chi connectivity index (χ4n) is 1.90. The summed E-state index contributed by atoms with van der Waals surface area (Å²) in [4.78, 5) is 12.0. The molecule has 0 radical (unpaired) electrons. The maximum atomic E-state index is 12.0. The van der Waals surface area contributed by atoms with Gasteiger partial charge < -0.3 is 15.2 Å². The van der Waals surface area contributed by atoms with Crippen LogP contribution in [0.5, 0.6) is 5.75 Å². The van der Waals surface area contributed by atoms with Crippen LogP contribution in [0.1, 0.15) is 13.3 Å². The maximum Gasteiger partial charge on any atom is 0.253 e. The van der Waals surface area contributed by atoms with Crippen LogP contribution in [0.25, 0.3) is 0 Å². The third kappa shape index (κ3) is 2.71. The number of nitrogens with one attached hydrogen (secondary N) is 1. The van der Waals surface area contributed by atoms with Gasteiger partial charge in [0, 0.05) is 11.6 Å². The van der Waals surface area contributed by atoms with Crippen LogP contribution in [0.3, 0.4) is 0 Å². The van der Waals surface area contributed by atoms with Crippen LogP contribution in [0.15, 0.2) is 12.1 Å². The molecule has 1 saturated heterocycles. The van der Waals surface area contributed by atoms with E-state index < -0.39 is 6.10 Å². The molecule has 0 aromatic heterocycles. The Morgan fingerprint density at radius 3 is 2.83 bits per heavy atom. The van der Waals surface area contributed by atoms with Gasteiger partial charge in [0.25, 0.3) is 5.91 Å². The molecule has 98 valence electrons. The lowest BCUT2D eigenvalue weighted by atomic mass is 10.0. The minimum absolute atomic E-state index is 0.0955. The highest BCUT2D eigenvalue weighted by molar-refractivity contribution is 6.36. The molecule has 1 aromatic rings. The van der Waals surface area contributed by atoms with Gasteiger partial charge in [-0.3, -0.25) is 4.79 Å². The lowest BCUT2D eigenvalue weighted by Gasteiger charge is -2.15. The quantitative estimate of drug-likeness (QED) is 0.823. The van der Waals surface area contributed by atoms with E-state index in [4.69, 9.17) is 27.9 Å². The van der Waals surface area contributed by atoms with Gasteiger partial charge in [0.15, 0.2) is 5.75 Å². The maximum absolute atomic E-state index is 12.0. The fraction of sp³-hybridized carbons (Fsp3) is 0.417. The van der Waals surface area contributed by atoms with Crippen molar-refractivity contribution in [2.45, 2.75) is 19.4 Å². The van der Waals surface area contributed by atoms with Gasteiger partial charge in [-0.15, -0.1) is 0 Å². The van der Waals surface area contributed by atoms with E-state index >= 15 is 0 Å². The van der Waals surface area contributed by atoms with Crippen LogP contribution in [0.4, 0.5) is 5.69 Å². The highest BCUT2D eigenvalue weighted by Gasteiger charge is 2.31. The number of ether oxygens (including phenoxy) is 1. The number of hydrogen-bond donors (Lipinski definition) is 2. The molecule has 2 unspecified atom stereocenters. The van der Waals surface area contributed by atoms with Crippen molar-refractivity contribution in [2.75, 3.05) is 11.9 Å². The lowest BCUT2D eigenvalue weighted by molar-refractivity contribution is -0.126. The van der Waals surface area contributed by atoms with Crippen LogP contribution in [-0.2, 0) is 9.53 Å². The second kappa shape index (κ2) is 5.34. The summed E-state index contributed by atoms with van der Waals surface area (Å²) < 4.78 is 5.34. The Bertz CT molecular complexity index is 479. The van der Waals surface area contributed by atoms with Crippen LogP contribution in [0.2, 0.25) is 10.0 Å². The summed E-state index contributed by atoms with van der Waals surface area (Å²) in [5, 5.41) is 12.8. The Kier molecular flexibility index (Phi) is 4.00. The predicted octanol–water partition coefficient (Wildman–Crippen LogP) is 3.06. The summed E-state index contributed by atoms with van der Waals surface area (Å²) >= 11 is 11.6. The van der Waals surface area contributed by atoms with Crippen molar-refractivity contribution in [1.29, 1.82) is 0 Å². The molecular weight excluding hydrogens is 277 g/mol. The average Bonchev–Trinajstić information content (AvgIpc) is 2.71. The van der Waals surface area contributed by atoms with Gasteiger partial charge in [-0.05, 0) is 24.5 Å². The predicted molar refractivity (Wildman–Crippen MR) is 70.3 cm³/mol. The molecule has 1 aliphatic heterocycles. The molecule has 4 nitrogen and oxygen atoms in total. The zero-order chi connectivity index (χ0) is 13.3. The molecule has 1 heterocycles. The van der Waals surface area contributed by atoms with Gasteiger partial charge >= 0.3 is 0 Å². The number of anilines is 1. The highest BCUT2D eigenvalue weighted by Crippen LogP contribution is 2.35. The van der Waals surface area contributed by atoms with Gasteiger partial charge in [0.1, 0.15) is 6.10 Å². The number of rotatable bonds is 2. The summed E-state index contributed by atoms with van der Waals surface area (Å²) in [5.74, 6) is -0.338. The fourth-order valence-corrected chi connectivity index (χ4v) is 2.39. The number of halogens is 2. The molecule has 0 spiro atoms. The smallest absolute Gasteiger partial charge is 0.253 e. The van der Waals surface area contributed by atoms with Crippen molar-refractivity contribution in [3.63, 3.8) is 0 Å². The SMILES string of the molecule is CC1CCOC1C(=O)Nc1cc(Cl)cc(Cl)c1O. The molecule has 18 heavy (non-hydrogen) atoms. The molecule has 1 fully saturated rings. The van der Waals surface area contributed by atoms with Crippen molar-refractivity contribution in [3.8, 4) is 5.75 Å². The summed E-state index contributed by atoms with van der Waals surface area (Å²) in [5.41, 5.74) is 0.195. The van der Waals surface area contributed by atoms with Crippen LogP contribution in [-0.4, -0.2) is 23.7 Å². The first-order valence-corrected chi connectivity index (χ1v) is 6.35. The number of amides is 1. The van der Waals surface area contributed by atoms with Gasteiger partial charge in [0.2, 0.25) is 0 Å². The third-order valence-electron chi connectivity index (χ3n) is 2.93. The highest BCUT2D eigenvalue weighted by atomic mass is 35.5. The standard InChI is InChI=1S/C12H13Cl2NO3/c1-6-2-3-18-11(6)12(17)15-9-5-7(13)4-8(14)10(9)16/h4-6,11,16H,2-3H2,1H3,(H,15,17). The Morgan fingerprint density at radius 1 is 1.50 bits per heavy atom. The molecule has 2 rings (SSSR count).